The summed E-state index contributed by atoms with van der Waals surface area (Å²) in [6.45, 7) is 2.67. The Hall–Kier alpha value is -0.370. The van der Waals surface area contributed by atoms with E-state index in [1.807, 2.05) is 14.1 Å². The average Bonchev–Trinajstić information content (AvgIpc) is 2.65. The van der Waals surface area contributed by atoms with Gasteiger partial charge < -0.3 is 19.8 Å². The molecule has 18 heavy (non-hydrogen) atoms. The summed E-state index contributed by atoms with van der Waals surface area (Å²) in [7, 11) is 3.67. The second kappa shape index (κ2) is 4.63. The fraction of sp³-hybridized carbons (Fsp3) is 0.909. The molecule has 1 fully saturated rings. The molecule has 2 rings (SSSR count). The van der Waals surface area contributed by atoms with Gasteiger partial charge in [0.2, 0.25) is 0 Å². The van der Waals surface area contributed by atoms with Gasteiger partial charge in [-0.25, -0.2) is 4.39 Å². The number of aliphatic hydroxyl groups excluding tert-OH is 2. The Morgan fingerprint density at radius 1 is 1.33 bits per heavy atom. The smallest absolute Gasteiger partial charge is 0.161 e. The average molecular weight is 278 g/mol. The van der Waals surface area contributed by atoms with Gasteiger partial charge in [-0.1, -0.05) is 11.8 Å². The van der Waals surface area contributed by atoms with Gasteiger partial charge in [0.1, 0.15) is 35.5 Å². The summed E-state index contributed by atoms with van der Waals surface area (Å²) in [5.74, 6) is 0. The van der Waals surface area contributed by atoms with Crippen LogP contribution in [-0.2, 0) is 4.74 Å². The Balaban J connectivity index is 2.19. The summed E-state index contributed by atoms with van der Waals surface area (Å²) in [5.41, 5.74) is -2.16. The minimum Gasteiger partial charge on any atom is -0.388 e. The van der Waals surface area contributed by atoms with E-state index in [4.69, 9.17) is 4.74 Å². The van der Waals surface area contributed by atoms with E-state index in [9.17, 15) is 14.6 Å². The predicted octanol–water partition coefficient (Wildman–Crippen LogP) is 0.214. The van der Waals surface area contributed by atoms with Crippen molar-refractivity contribution in [1.82, 2.24) is 4.90 Å². The first-order valence-electron chi connectivity index (χ1n) is 5.84. The summed E-state index contributed by atoms with van der Waals surface area (Å²) in [6, 6.07) is -0.541. The molecule has 7 heteroatoms. The molecule has 2 aliphatic rings. The van der Waals surface area contributed by atoms with Crippen LogP contribution in [0, 0.1) is 0 Å². The number of thioether (sulfide) groups is 1. The van der Waals surface area contributed by atoms with Crippen molar-refractivity contribution in [2.75, 3.05) is 14.1 Å². The van der Waals surface area contributed by atoms with Gasteiger partial charge in [0.15, 0.2) is 5.17 Å². The molecule has 0 saturated carbocycles. The zero-order valence-corrected chi connectivity index (χ0v) is 11.7. The molecule has 2 N–H and O–H groups in total. The Kier molecular flexibility index (Phi) is 3.61. The standard InChI is InChI=1S/C11H19FN2O3S/c1-11(2,12)8-7(16)6(15)5-9(17-8)18-10(13-5)14(3)4/h5-9,15-16H,1-4H3/t5-,6-,7+,8+,9?/m1/s1. The van der Waals surface area contributed by atoms with Crippen LogP contribution in [-0.4, -0.2) is 69.8 Å². The lowest BCUT2D eigenvalue weighted by Gasteiger charge is -2.42. The number of ether oxygens (including phenoxy) is 1. The Morgan fingerprint density at radius 2 is 1.94 bits per heavy atom. The Morgan fingerprint density at radius 3 is 2.44 bits per heavy atom. The van der Waals surface area contributed by atoms with E-state index in [2.05, 4.69) is 4.99 Å². The second-order valence-corrected chi connectivity index (χ2v) is 6.45. The number of hydrogen-bond acceptors (Lipinski definition) is 6. The van der Waals surface area contributed by atoms with Crippen LogP contribution in [0.2, 0.25) is 0 Å². The SMILES string of the molecule is CN(C)C1=N[C@H]2C(O[C@H](C(C)(C)F)[C@@H](O)[C@@H]2O)S1. The zero-order chi connectivity index (χ0) is 13.7. The number of aliphatic imine (C=N–C) groups is 1. The third-order valence-electron chi connectivity index (χ3n) is 3.11. The van der Waals surface area contributed by atoms with Crippen LogP contribution < -0.4 is 0 Å². The lowest BCUT2D eigenvalue weighted by Crippen LogP contribution is -2.60. The number of nitrogens with zero attached hydrogens (tertiary/aromatic N) is 2. The third-order valence-corrected chi connectivity index (χ3v) is 4.41. The number of fused-ring (bicyclic) bond motifs is 1. The van der Waals surface area contributed by atoms with Gasteiger partial charge >= 0.3 is 0 Å². The van der Waals surface area contributed by atoms with Gasteiger partial charge in [-0.15, -0.1) is 0 Å². The first-order chi connectivity index (χ1) is 8.21. The van der Waals surface area contributed by atoms with Crippen molar-refractivity contribution >= 4 is 16.9 Å². The number of amidine groups is 1. The quantitative estimate of drug-likeness (QED) is 0.718. The number of alkyl halides is 1. The zero-order valence-electron chi connectivity index (χ0n) is 10.9. The highest BCUT2D eigenvalue weighted by atomic mass is 32.2. The van der Waals surface area contributed by atoms with Crippen molar-refractivity contribution < 1.29 is 19.3 Å². The van der Waals surface area contributed by atoms with Crippen LogP contribution >= 0.6 is 11.8 Å². The topological polar surface area (TPSA) is 65.3 Å². The van der Waals surface area contributed by atoms with Crippen LogP contribution in [0.4, 0.5) is 4.39 Å². The molecule has 104 valence electrons. The van der Waals surface area contributed by atoms with Gasteiger partial charge in [0.05, 0.1) is 0 Å². The normalized spacial score (nSPS) is 40.4. The van der Waals surface area contributed by atoms with Crippen LogP contribution in [0.25, 0.3) is 0 Å². The highest BCUT2D eigenvalue weighted by molar-refractivity contribution is 8.14. The molecule has 2 heterocycles. The maximum Gasteiger partial charge on any atom is 0.161 e. The molecule has 5 atom stereocenters. The minimum absolute atomic E-state index is 0.444. The largest absolute Gasteiger partial charge is 0.388 e. The molecule has 2 aliphatic heterocycles. The third kappa shape index (κ3) is 2.36. The summed E-state index contributed by atoms with van der Waals surface area (Å²) in [5, 5.41) is 20.7. The number of halogens is 1. The summed E-state index contributed by atoms with van der Waals surface area (Å²) in [6.07, 6.45) is -3.41. The molecule has 0 aromatic rings. The van der Waals surface area contributed by atoms with Crippen molar-refractivity contribution in [3.63, 3.8) is 0 Å². The lowest BCUT2D eigenvalue weighted by molar-refractivity contribution is -0.191. The molecular weight excluding hydrogens is 259 g/mol. The van der Waals surface area contributed by atoms with E-state index < -0.39 is 35.5 Å². The van der Waals surface area contributed by atoms with Crippen LogP contribution in [0.15, 0.2) is 4.99 Å². The van der Waals surface area contributed by atoms with E-state index in [0.717, 1.165) is 0 Å². The van der Waals surface area contributed by atoms with Crippen molar-refractivity contribution in [3.05, 3.63) is 0 Å². The number of rotatable bonds is 1. The molecule has 0 aromatic carbocycles. The molecule has 0 radical (unpaired) electrons. The van der Waals surface area contributed by atoms with Crippen molar-refractivity contribution in [2.24, 2.45) is 4.99 Å². The monoisotopic (exact) mass is 278 g/mol. The maximum atomic E-state index is 14.0. The van der Waals surface area contributed by atoms with Gasteiger partial charge in [0, 0.05) is 14.1 Å². The number of hydrogen-bond donors (Lipinski definition) is 2. The lowest BCUT2D eigenvalue weighted by atomic mass is 9.90. The molecule has 0 aliphatic carbocycles. The Bertz CT molecular complexity index is 359. The molecule has 1 saturated heterocycles. The highest BCUT2D eigenvalue weighted by Gasteiger charge is 2.52. The molecule has 0 aromatic heterocycles. The molecular formula is C11H19FN2O3S. The molecule has 0 spiro atoms. The predicted molar refractivity (Wildman–Crippen MR) is 68.4 cm³/mol. The van der Waals surface area contributed by atoms with Crippen LogP contribution in [0.1, 0.15) is 13.8 Å². The van der Waals surface area contributed by atoms with Gasteiger partial charge in [-0.3, -0.25) is 4.99 Å². The minimum atomic E-state index is -1.72. The first kappa shape index (κ1) is 14.0. The summed E-state index contributed by atoms with van der Waals surface area (Å²) in [4.78, 5) is 6.11. The van der Waals surface area contributed by atoms with Gasteiger partial charge in [0.25, 0.3) is 0 Å². The second-order valence-electron chi connectivity index (χ2n) is 5.39. The van der Waals surface area contributed by atoms with Gasteiger partial charge in [-0.05, 0) is 13.8 Å². The van der Waals surface area contributed by atoms with Crippen LogP contribution in [0.5, 0.6) is 0 Å². The van der Waals surface area contributed by atoms with Crippen molar-refractivity contribution in [2.45, 2.75) is 49.3 Å². The molecule has 1 unspecified atom stereocenters. The fourth-order valence-electron chi connectivity index (χ4n) is 2.13. The fourth-order valence-corrected chi connectivity index (χ4v) is 3.27. The van der Waals surface area contributed by atoms with E-state index in [-0.39, 0.29) is 0 Å². The first-order valence-corrected chi connectivity index (χ1v) is 6.72. The van der Waals surface area contributed by atoms with Gasteiger partial charge in [-0.2, -0.15) is 0 Å². The van der Waals surface area contributed by atoms with E-state index in [0.29, 0.717) is 5.17 Å². The summed E-state index contributed by atoms with van der Waals surface area (Å²) < 4.78 is 19.5. The van der Waals surface area contributed by atoms with E-state index in [1.54, 1.807) is 4.90 Å². The molecule has 0 bridgehead atoms. The van der Waals surface area contributed by atoms with E-state index in [1.165, 1.54) is 25.6 Å². The van der Waals surface area contributed by atoms with Crippen LogP contribution in [0.3, 0.4) is 0 Å². The van der Waals surface area contributed by atoms with Crippen molar-refractivity contribution in [3.8, 4) is 0 Å². The Labute approximate surface area is 110 Å². The molecule has 5 nitrogen and oxygen atoms in total. The van der Waals surface area contributed by atoms with E-state index >= 15 is 0 Å². The maximum absolute atomic E-state index is 14.0. The highest BCUT2D eigenvalue weighted by Crippen LogP contribution is 2.40. The summed E-state index contributed by atoms with van der Waals surface area (Å²) >= 11 is 1.34. The molecule has 0 amide bonds. The number of aliphatic hydroxyl groups is 2. The van der Waals surface area contributed by atoms with Crippen molar-refractivity contribution in [1.29, 1.82) is 0 Å².